The van der Waals surface area contributed by atoms with Gasteiger partial charge in [0, 0.05) is 5.02 Å². The lowest BCUT2D eigenvalue weighted by Gasteiger charge is -2.12. The van der Waals surface area contributed by atoms with Crippen LogP contribution in [0, 0.1) is 20.8 Å². The maximum atomic E-state index is 11.9. The number of ether oxygens (including phenoxy) is 1. The van der Waals surface area contributed by atoms with Crippen LogP contribution < -0.4 is 10.1 Å². The highest BCUT2D eigenvalue weighted by molar-refractivity contribution is 6.30. The molecule has 0 aliphatic rings. The Morgan fingerprint density at radius 2 is 1.70 bits per heavy atom. The fourth-order valence-corrected chi connectivity index (χ4v) is 2.42. The van der Waals surface area contributed by atoms with E-state index in [0.29, 0.717) is 24.6 Å². The molecule has 0 saturated carbocycles. The summed E-state index contributed by atoms with van der Waals surface area (Å²) in [6, 6.07) is 11.4. The van der Waals surface area contributed by atoms with Crippen LogP contribution in [0.15, 0.2) is 36.4 Å². The minimum atomic E-state index is -0.0206. The highest BCUT2D eigenvalue weighted by atomic mass is 35.5. The van der Waals surface area contributed by atoms with Crippen molar-refractivity contribution in [3.63, 3.8) is 0 Å². The van der Waals surface area contributed by atoms with Gasteiger partial charge in [0.2, 0.25) is 5.91 Å². The number of carbonyl (C=O) groups excluding carboxylic acids is 1. The van der Waals surface area contributed by atoms with Gasteiger partial charge >= 0.3 is 0 Å². The molecular weight excluding hydrogens is 310 g/mol. The Labute approximate surface area is 142 Å². The molecule has 0 radical (unpaired) electrons. The molecule has 0 fully saturated rings. The second-order valence-electron chi connectivity index (χ2n) is 5.70. The van der Waals surface area contributed by atoms with Gasteiger partial charge in [-0.05, 0) is 61.2 Å². The maximum Gasteiger partial charge on any atom is 0.224 e. The second kappa shape index (κ2) is 8.02. The third-order valence-corrected chi connectivity index (χ3v) is 4.00. The molecule has 2 aromatic carbocycles. The monoisotopic (exact) mass is 331 g/mol. The predicted octanol–water partition coefficient (Wildman–Crippen LogP) is 4.00. The third kappa shape index (κ3) is 5.29. The minimum Gasteiger partial charge on any atom is -0.491 e. The number of nitrogens with one attached hydrogen (secondary N) is 1. The molecule has 1 amide bonds. The van der Waals surface area contributed by atoms with Gasteiger partial charge in [0.1, 0.15) is 12.4 Å². The van der Waals surface area contributed by atoms with Crippen LogP contribution in [0.5, 0.6) is 5.75 Å². The SMILES string of the molecule is Cc1cc(C)c(OCCNC(=O)Cc2ccc(Cl)cc2)cc1C. The van der Waals surface area contributed by atoms with Gasteiger partial charge in [0.05, 0.1) is 13.0 Å². The molecule has 0 bridgehead atoms. The van der Waals surface area contributed by atoms with E-state index in [1.165, 1.54) is 11.1 Å². The Hall–Kier alpha value is -2.00. The fraction of sp³-hybridized carbons (Fsp3) is 0.316. The summed E-state index contributed by atoms with van der Waals surface area (Å²) in [5.41, 5.74) is 4.52. The molecule has 0 saturated heterocycles. The van der Waals surface area contributed by atoms with Gasteiger partial charge in [-0.2, -0.15) is 0 Å². The molecule has 2 rings (SSSR count). The van der Waals surface area contributed by atoms with Crippen molar-refractivity contribution in [1.29, 1.82) is 0 Å². The summed E-state index contributed by atoms with van der Waals surface area (Å²) in [5.74, 6) is 0.854. The Morgan fingerprint density at radius 1 is 1.04 bits per heavy atom. The topological polar surface area (TPSA) is 38.3 Å². The smallest absolute Gasteiger partial charge is 0.224 e. The van der Waals surface area contributed by atoms with Crippen molar-refractivity contribution < 1.29 is 9.53 Å². The Balaban J connectivity index is 1.76. The lowest BCUT2D eigenvalue weighted by molar-refractivity contribution is -0.120. The average Bonchev–Trinajstić information content (AvgIpc) is 2.51. The molecule has 1 N–H and O–H groups in total. The summed E-state index contributed by atoms with van der Waals surface area (Å²) in [7, 11) is 0. The van der Waals surface area contributed by atoms with E-state index in [1.54, 1.807) is 12.1 Å². The van der Waals surface area contributed by atoms with E-state index >= 15 is 0 Å². The molecule has 0 aromatic heterocycles. The van der Waals surface area contributed by atoms with Gasteiger partial charge < -0.3 is 10.1 Å². The van der Waals surface area contributed by atoms with E-state index in [0.717, 1.165) is 16.9 Å². The van der Waals surface area contributed by atoms with E-state index in [9.17, 15) is 4.79 Å². The highest BCUT2D eigenvalue weighted by Crippen LogP contribution is 2.22. The molecule has 122 valence electrons. The number of rotatable bonds is 6. The molecule has 2 aromatic rings. The molecule has 0 aliphatic heterocycles. The number of aryl methyl sites for hydroxylation is 3. The van der Waals surface area contributed by atoms with Crippen molar-refractivity contribution in [3.05, 3.63) is 63.7 Å². The van der Waals surface area contributed by atoms with Gasteiger partial charge in [0.25, 0.3) is 0 Å². The van der Waals surface area contributed by atoms with E-state index in [4.69, 9.17) is 16.3 Å². The third-order valence-electron chi connectivity index (χ3n) is 3.75. The van der Waals surface area contributed by atoms with Gasteiger partial charge in [-0.15, -0.1) is 0 Å². The van der Waals surface area contributed by atoms with E-state index in [-0.39, 0.29) is 5.91 Å². The van der Waals surface area contributed by atoms with Crippen molar-refractivity contribution in [2.75, 3.05) is 13.2 Å². The number of hydrogen-bond donors (Lipinski definition) is 1. The Bertz CT molecular complexity index is 681. The van der Waals surface area contributed by atoms with Crippen molar-refractivity contribution in [3.8, 4) is 5.75 Å². The molecule has 0 atom stereocenters. The Morgan fingerprint density at radius 3 is 2.39 bits per heavy atom. The van der Waals surface area contributed by atoms with Crippen molar-refractivity contribution in [1.82, 2.24) is 5.32 Å². The van der Waals surface area contributed by atoms with E-state index in [1.807, 2.05) is 25.1 Å². The van der Waals surface area contributed by atoms with Crippen LogP contribution in [-0.4, -0.2) is 19.1 Å². The van der Waals surface area contributed by atoms with Crippen LogP contribution >= 0.6 is 11.6 Å². The second-order valence-corrected chi connectivity index (χ2v) is 6.14. The van der Waals surface area contributed by atoms with Crippen molar-refractivity contribution in [2.45, 2.75) is 27.2 Å². The Kier molecular flexibility index (Phi) is 6.05. The first-order valence-corrected chi connectivity index (χ1v) is 8.05. The zero-order chi connectivity index (χ0) is 16.8. The average molecular weight is 332 g/mol. The molecule has 0 unspecified atom stereocenters. The molecule has 0 heterocycles. The van der Waals surface area contributed by atoms with Gasteiger partial charge in [-0.25, -0.2) is 0 Å². The number of amides is 1. The normalized spacial score (nSPS) is 10.4. The quantitative estimate of drug-likeness (QED) is 0.812. The maximum absolute atomic E-state index is 11.9. The summed E-state index contributed by atoms with van der Waals surface area (Å²) in [6.45, 7) is 7.12. The summed E-state index contributed by atoms with van der Waals surface area (Å²) in [6.07, 6.45) is 0.347. The first kappa shape index (κ1) is 17.4. The van der Waals surface area contributed by atoms with Crippen LogP contribution in [0.2, 0.25) is 5.02 Å². The van der Waals surface area contributed by atoms with Crippen LogP contribution in [0.4, 0.5) is 0 Å². The lowest BCUT2D eigenvalue weighted by atomic mass is 10.1. The molecule has 0 aliphatic carbocycles. The fourth-order valence-electron chi connectivity index (χ4n) is 2.29. The lowest BCUT2D eigenvalue weighted by Crippen LogP contribution is -2.29. The van der Waals surface area contributed by atoms with Crippen molar-refractivity contribution in [2.24, 2.45) is 0 Å². The van der Waals surface area contributed by atoms with Gasteiger partial charge in [0.15, 0.2) is 0 Å². The first-order chi connectivity index (χ1) is 11.0. The number of benzene rings is 2. The summed E-state index contributed by atoms with van der Waals surface area (Å²) in [4.78, 5) is 11.9. The van der Waals surface area contributed by atoms with Gasteiger partial charge in [-0.1, -0.05) is 29.8 Å². The van der Waals surface area contributed by atoms with E-state index < -0.39 is 0 Å². The summed E-state index contributed by atoms with van der Waals surface area (Å²) >= 11 is 5.83. The molecular formula is C19H22ClNO2. The molecule has 3 nitrogen and oxygen atoms in total. The highest BCUT2D eigenvalue weighted by Gasteiger charge is 2.05. The van der Waals surface area contributed by atoms with Crippen LogP contribution in [-0.2, 0) is 11.2 Å². The molecule has 23 heavy (non-hydrogen) atoms. The number of hydrogen-bond acceptors (Lipinski definition) is 2. The molecule has 0 spiro atoms. The summed E-state index contributed by atoms with van der Waals surface area (Å²) < 4.78 is 5.76. The van der Waals surface area contributed by atoms with Crippen LogP contribution in [0.3, 0.4) is 0 Å². The summed E-state index contributed by atoms with van der Waals surface area (Å²) in [5, 5.41) is 3.54. The predicted molar refractivity (Wildman–Crippen MR) is 94.3 cm³/mol. The largest absolute Gasteiger partial charge is 0.491 e. The van der Waals surface area contributed by atoms with E-state index in [2.05, 4.69) is 25.2 Å². The number of carbonyl (C=O) groups is 1. The van der Waals surface area contributed by atoms with Gasteiger partial charge in [-0.3, -0.25) is 4.79 Å². The zero-order valence-electron chi connectivity index (χ0n) is 13.8. The zero-order valence-corrected chi connectivity index (χ0v) is 14.5. The minimum absolute atomic E-state index is 0.0206. The van der Waals surface area contributed by atoms with Crippen LogP contribution in [0.25, 0.3) is 0 Å². The standard InChI is InChI=1S/C19H22ClNO2/c1-13-10-15(3)18(11-14(13)2)23-9-8-21-19(22)12-16-4-6-17(20)7-5-16/h4-7,10-11H,8-9,12H2,1-3H3,(H,21,22). The first-order valence-electron chi connectivity index (χ1n) is 7.67. The molecule has 4 heteroatoms. The number of halogens is 1. The van der Waals surface area contributed by atoms with Crippen molar-refractivity contribution >= 4 is 17.5 Å². The van der Waals surface area contributed by atoms with Crippen LogP contribution in [0.1, 0.15) is 22.3 Å².